The van der Waals surface area contributed by atoms with Crippen LogP contribution in [-0.2, 0) is 23.1 Å². The number of hydrogen-bond acceptors (Lipinski definition) is 4. The minimum Gasteiger partial charge on any atom is -0.469 e. The number of fused-ring (bicyclic) bond motifs is 1. The Kier molecular flexibility index (Phi) is 3.76. The summed E-state index contributed by atoms with van der Waals surface area (Å²) >= 11 is 0. The van der Waals surface area contributed by atoms with Gasteiger partial charge in [0, 0.05) is 13.0 Å². The summed E-state index contributed by atoms with van der Waals surface area (Å²) in [5.74, 6) is 0.912. The third kappa shape index (κ3) is 3.00. The summed E-state index contributed by atoms with van der Waals surface area (Å²) in [6, 6.07) is 11.4. The van der Waals surface area contributed by atoms with E-state index in [0.29, 0.717) is 5.82 Å². The maximum absolute atomic E-state index is 12.1. The molecule has 7 nitrogen and oxygen atoms in total. The predicted molar refractivity (Wildman–Crippen MR) is 90.3 cm³/mol. The molecule has 1 aromatic carbocycles. The Morgan fingerprint density at radius 3 is 2.84 bits per heavy atom. The van der Waals surface area contributed by atoms with Gasteiger partial charge in [-0.15, -0.1) is 0 Å². The zero-order valence-electron chi connectivity index (χ0n) is 13.7. The van der Waals surface area contributed by atoms with Gasteiger partial charge >= 0.3 is 0 Å². The minimum absolute atomic E-state index is 0.0950. The van der Waals surface area contributed by atoms with Crippen LogP contribution in [0, 0.1) is 5.92 Å². The molecule has 2 amide bonds. The number of hydrogen-bond donors (Lipinski definition) is 2. The van der Waals surface area contributed by atoms with Gasteiger partial charge in [0.2, 0.25) is 11.8 Å². The fourth-order valence-corrected chi connectivity index (χ4v) is 3.07. The van der Waals surface area contributed by atoms with Crippen molar-refractivity contribution in [1.29, 1.82) is 0 Å². The lowest BCUT2D eigenvalue weighted by molar-refractivity contribution is -0.129. The van der Waals surface area contributed by atoms with Crippen LogP contribution < -0.4 is 10.9 Å². The van der Waals surface area contributed by atoms with E-state index < -0.39 is 0 Å². The lowest BCUT2D eigenvalue weighted by Crippen LogP contribution is -2.43. The molecule has 1 aliphatic rings. The number of hydrazine groups is 1. The van der Waals surface area contributed by atoms with Crippen molar-refractivity contribution < 1.29 is 14.0 Å². The molecule has 128 valence electrons. The Balaban J connectivity index is 1.32. The first-order valence-corrected chi connectivity index (χ1v) is 8.16. The van der Waals surface area contributed by atoms with Crippen molar-refractivity contribution in [3.05, 3.63) is 54.2 Å². The van der Waals surface area contributed by atoms with Gasteiger partial charge in [-0.3, -0.25) is 20.4 Å². The van der Waals surface area contributed by atoms with E-state index in [2.05, 4.69) is 15.8 Å². The van der Waals surface area contributed by atoms with Gasteiger partial charge in [0.25, 0.3) is 0 Å². The molecule has 2 heterocycles. The van der Waals surface area contributed by atoms with Crippen molar-refractivity contribution in [3.8, 4) is 0 Å². The van der Waals surface area contributed by atoms with Gasteiger partial charge < -0.3 is 8.98 Å². The number of para-hydroxylation sites is 2. The standard InChI is InChI=1S/C18H18N4O3/c1-22-14-6-3-2-5-13(14)19-16(22)10-17(23)20-21-18(24)12-9-11(12)15-7-4-8-25-15/h2-8,11-12H,9-10H2,1H3,(H,20,23)(H,21,24). The van der Waals surface area contributed by atoms with Gasteiger partial charge in [-0.25, -0.2) is 4.98 Å². The molecule has 1 fully saturated rings. The number of amides is 2. The molecule has 0 bridgehead atoms. The summed E-state index contributed by atoms with van der Waals surface area (Å²) in [5.41, 5.74) is 6.77. The molecule has 0 spiro atoms. The summed E-state index contributed by atoms with van der Waals surface area (Å²) in [7, 11) is 1.87. The first-order valence-electron chi connectivity index (χ1n) is 8.16. The topological polar surface area (TPSA) is 89.2 Å². The number of benzene rings is 1. The third-order valence-corrected chi connectivity index (χ3v) is 4.56. The fraction of sp³-hybridized carbons (Fsp3) is 0.278. The molecule has 3 aromatic rings. The Labute approximate surface area is 144 Å². The number of nitrogens with zero attached hydrogens (tertiary/aromatic N) is 2. The Morgan fingerprint density at radius 2 is 2.08 bits per heavy atom. The van der Waals surface area contributed by atoms with E-state index in [1.54, 1.807) is 12.3 Å². The van der Waals surface area contributed by atoms with Crippen LogP contribution in [-0.4, -0.2) is 21.4 Å². The fourth-order valence-electron chi connectivity index (χ4n) is 3.07. The second-order valence-corrected chi connectivity index (χ2v) is 6.25. The summed E-state index contributed by atoms with van der Waals surface area (Å²) in [4.78, 5) is 28.6. The molecular formula is C18H18N4O3. The Bertz CT molecular complexity index is 929. The minimum atomic E-state index is -0.304. The van der Waals surface area contributed by atoms with Crippen LogP contribution in [0.4, 0.5) is 0 Å². The van der Waals surface area contributed by atoms with Gasteiger partial charge in [0.15, 0.2) is 0 Å². The average molecular weight is 338 g/mol. The Hall–Kier alpha value is -3.09. The third-order valence-electron chi connectivity index (χ3n) is 4.56. The van der Waals surface area contributed by atoms with E-state index in [4.69, 9.17) is 4.42 Å². The molecule has 2 aromatic heterocycles. The largest absolute Gasteiger partial charge is 0.469 e. The van der Waals surface area contributed by atoms with Crippen LogP contribution in [0.15, 0.2) is 47.1 Å². The maximum atomic E-state index is 12.1. The van der Waals surface area contributed by atoms with E-state index in [-0.39, 0.29) is 30.1 Å². The number of aromatic nitrogens is 2. The molecule has 1 aliphatic carbocycles. The zero-order chi connectivity index (χ0) is 17.4. The normalized spacial score (nSPS) is 18.9. The van der Waals surface area contributed by atoms with Crippen molar-refractivity contribution in [2.75, 3.05) is 0 Å². The van der Waals surface area contributed by atoms with E-state index in [0.717, 1.165) is 23.2 Å². The van der Waals surface area contributed by atoms with E-state index in [1.807, 2.05) is 41.9 Å². The highest BCUT2D eigenvalue weighted by Gasteiger charge is 2.46. The molecule has 7 heteroatoms. The molecule has 4 rings (SSSR count). The van der Waals surface area contributed by atoms with Gasteiger partial charge in [-0.05, 0) is 30.7 Å². The quantitative estimate of drug-likeness (QED) is 0.708. The summed E-state index contributed by atoms with van der Waals surface area (Å²) < 4.78 is 7.19. The van der Waals surface area contributed by atoms with Gasteiger partial charge in [0.1, 0.15) is 11.6 Å². The monoisotopic (exact) mass is 338 g/mol. The number of carbonyl (C=O) groups excluding carboxylic acids is 2. The van der Waals surface area contributed by atoms with Crippen LogP contribution in [0.1, 0.15) is 23.9 Å². The van der Waals surface area contributed by atoms with E-state index >= 15 is 0 Å². The SMILES string of the molecule is Cn1c(CC(=O)NNC(=O)C2CC2c2ccco2)nc2ccccc21. The molecule has 0 saturated heterocycles. The highest BCUT2D eigenvalue weighted by molar-refractivity contribution is 5.86. The van der Waals surface area contributed by atoms with Gasteiger partial charge in [-0.2, -0.15) is 0 Å². The van der Waals surface area contributed by atoms with E-state index in [1.165, 1.54) is 0 Å². The second-order valence-electron chi connectivity index (χ2n) is 6.25. The average Bonchev–Trinajstić information content (AvgIpc) is 3.10. The summed E-state index contributed by atoms with van der Waals surface area (Å²) in [6.45, 7) is 0. The van der Waals surface area contributed by atoms with Crippen molar-refractivity contribution in [1.82, 2.24) is 20.4 Å². The molecule has 0 aliphatic heterocycles. The lowest BCUT2D eigenvalue weighted by Gasteiger charge is -2.07. The number of aryl methyl sites for hydroxylation is 1. The lowest BCUT2D eigenvalue weighted by atomic mass is 10.2. The highest BCUT2D eigenvalue weighted by atomic mass is 16.3. The van der Waals surface area contributed by atoms with Crippen LogP contribution in [0.2, 0.25) is 0 Å². The Morgan fingerprint density at radius 1 is 1.24 bits per heavy atom. The van der Waals surface area contributed by atoms with Gasteiger partial charge in [-0.1, -0.05) is 12.1 Å². The van der Waals surface area contributed by atoms with Crippen molar-refractivity contribution in [3.63, 3.8) is 0 Å². The van der Waals surface area contributed by atoms with Crippen LogP contribution in [0.3, 0.4) is 0 Å². The van der Waals surface area contributed by atoms with Crippen molar-refractivity contribution in [2.45, 2.75) is 18.8 Å². The highest BCUT2D eigenvalue weighted by Crippen LogP contribution is 2.47. The summed E-state index contributed by atoms with van der Waals surface area (Å²) in [5, 5.41) is 0. The number of nitrogens with one attached hydrogen (secondary N) is 2. The second kappa shape index (κ2) is 6.08. The number of imidazole rings is 1. The van der Waals surface area contributed by atoms with Crippen LogP contribution in [0.5, 0.6) is 0 Å². The molecular weight excluding hydrogens is 320 g/mol. The van der Waals surface area contributed by atoms with Crippen molar-refractivity contribution >= 4 is 22.8 Å². The first kappa shape index (κ1) is 15.4. The molecule has 1 saturated carbocycles. The molecule has 25 heavy (non-hydrogen) atoms. The molecule has 0 radical (unpaired) electrons. The molecule has 2 atom stereocenters. The van der Waals surface area contributed by atoms with Gasteiger partial charge in [0.05, 0.1) is 29.6 Å². The van der Waals surface area contributed by atoms with E-state index in [9.17, 15) is 9.59 Å². The number of rotatable bonds is 4. The van der Waals surface area contributed by atoms with Crippen LogP contribution >= 0.6 is 0 Å². The first-order chi connectivity index (χ1) is 12.1. The zero-order valence-corrected chi connectivity index (χ0v) is 13.7. The predicted octanol–water partition coefficient (Wildman–Crippen LogP) is 1.66. The smallest absolute Gasteiger partial charge is 0.245 e. The summed E-state index contributed by atoms with van der Waals surface area (Å²) in [6.07, 6.45) is 2.43. The number of carbonyl (C=O) groups is 2. The number of furan rings is 1. The molecule has 2 unspecified atom stereocenters. The maximum Gasteiger partial charge on any atom is 0.245 e. The molecule has 2 N–H and O–H groups in total. The van der Waals surface area contributed by atoms with Crippen molar-refractivity contribution in [2.24, 2.45) is 13.0 Å². The van der Waals surface area contributed by atoms with Crippen LogP contribution in [0.25, 0.3) is 11.0 Å².